The first-order chi connectivity index (χ1) is 10.3. The van der Waals surface area contributed by atoms with E-state index in [1.807, 2.05) is 0 Å². The molecule has 2 unspecified atom stereocenters. The van der Waals surface area contributed by atoms with Gasteiger partial charge in [-0.15, -0.1) is 0 Å². The maximum atomic E-state index is 2.70. The van der Waals surface area contributed by atoms with Crippen LogP contribution in [0.2, 0.25) is 0 Å². The Bertz CT molecular complexity index is 296. The van der Waals surface area contributed by atoms with Crippen molar-refractivity contribution < 1.29 is 0 Å². The van der Waals surface area contributed by atoms with E-state index < -0.39 is 0 Å². The first kappa shape index (κ1) is 18.3. The van der Waals surface area contributed by atoms with Gasteiger partial charge in [0.15, 0.2) is 0 Å². The van der Waals surface area contributed by atoms with E-state index in [0.717, 1.165) is 23.7 Å². The second-order valence-electron chi connectivity index (χ2n) is 9.54. The Morgan fingerprint density at radius 2 is 0.818 bits per heavy atom. The molecule has 0 spiro atoms. The molecule has 130 valence electrons. The van der Waals surface area contributed by atoms with Gasteiger partial charge in [0.1, 0.15) is 0 Å². The second-order valence-corrected chi connectivity index (χ2v) is 9.54. The molecule has 0 aromatic carbocycles. The van der Waals surface area contributed by atoms with Crippen molar-refractivity contribution in [1.82, 2.24) is 0 Å². The molecule has 22 heavy (non-hydrogen) atoms. The first-order valence-corrected chi connectivity index (χ1v) is 10.3. The fourth-order valence-corrected chi connectivity index (χ4v) is 6.47. The minimum atomic E-state index is 0.504. The molecule has 0 aliphatic heterocycles. The fraction of sp³-hybridized carbons (Fsp3) is 1.00. The Kier molecular flexibility index (Phi) is 6.06. The topological polar surface area (TPSA) is 0 Å². The Morgan fingerprint density at radius 1 is 0.545 bits per heavy atom. The standard InChI is InChI=1S/C22H42/c1-17(2)21(5,19-13-9-7-10-14-19)22(6,18(3)4)20-15-11-8-12-16-20/h17-20H,7-16H2,1-6H3. The molecule has 2 aliphatic carbocycles. The highest BCUT2D eigenvalue weighted by molar-refractivity contribution is 5.04. The molecule has 2 rings (SSSR count). The summed E-state index contributed by atoms with van der Waals surface area (Å²) in [6.45, 7) is 15.5. The second kappa shape index (κ2) is 7.27. The van der Waals surface area contributed by atoms with Gasteiger partial charge in [-0.3, -0.25) is 0 Å². The van der Waals surface area contributed by atoms with Gasteiger partial charge >= 0.3 is 0 Å². The van der Waals surface area contributed by atoms with E-state index in [9.17, 15) is 0 Å². The van der Waals surface area contributed by atoms with Gasteiger partial charge in [-0.1, -0.05) is 80.1 Å². The third kappa shape index (κ3) is 3.01. The van der Waals surface area contributed by atoms with Gasteiger partial charge in [-0.2, -0.15) is 0 Å². The first-order valence-electron chi connectivity index (χ1n) is 10.3. The van der Waals surface area contributed by atoms with Crippen LogP contribution in [0.4, 0.5) is 0 Å². The zero-order valence-corrected chi connectivity index (χ0v) is 16.4. The molecule has 2 aliphatic rings. The average Bonchev–Trinajstić information content (AvgIpc) is 2.54. The quantitative estimate of drug-likeness (QED) is 0.494. The van der Waals surface area contributed by atoms with E-state index in [1.165, 1.54) is 64.2 Å². The summed E-state index contributed by atoms with van der Waals surface area (Å²) in [5, 5.41) is 0. The monoisotopic (exact) mass is 306 g/mol. The summed E-state index contributed by atoms with van der Waals surface area (Å²) < 4.78 is 0. The Morgan fingerprint density at radius 3 is 1.05 bits per heavy atom. The summed E-state index contributed by atoms with van der Waals surface area (Å²) in [6.07, 6.45) is 14.8. The Labute approximate surface area is 140 Å². The van der Waals surface area contributed by atoms with Gasteiger partial charge in [0.05, 0.1) is 0 Å². The van der Waals surface area contributed by atoms with Crippen molar-refractivity contribution in [3.63, 3.8) is 0 Å². The predicted octanol–water partition coefficient (Wildman–Crippen LogP) is 7.47. The van der Waals surface area contributed by atoms with Crippen LogP contribution < -0.4 is 0 Å². The highest BCUT2D eigenvalue weighted by atomic mass is 14.6. The minimum absolute atomic E-state index is 0.504. The molecule has 0 heterocycles. The lowest BCUT2D eigenvalue weighted by atomic mass is 9.44. The zero-order valence-electron chi connectivity index (χ0n) is 16.4. The van der Waals surface area contributed by atoms with Crippen molar-refractivity contribution in [2.24, 2.45) is 34.5 Å². The van der Waals surface area contributed by atoms with Gasteiger partial charge in [-0.05, 0) is 60.2 Å². The van der Waals surface area contributed by atoms with Gasteiger partial charge in [0.2, 0.25) is 0 Å². The lowest BCUT2D eigenvalue weighted by Crippen LogP contribution is -2.54. The molecule has 2 atom stereocenters. The molecule has 2 fully saturated rings. The summed E-state index contributed by atoms with van der Waals surface area (Å²) in [7, 11) is 0. The van der Waals surface area contributed by atoms with E-state index in [4.69, 9.17) is 0 Å². The molecular formula is C22H42. The van der Waals surface area contributed by atoms with Crippen LogP contribution in [0, 0.1) is 34.5 Å². The zero-order chi connectivity index (χ0) is 16.4. The van der Waals surface area contributed by atoms with Crippen LogP contribution in [0.25, 0.3) is 0 Å². The Hall–Kier alpha value is 0. The molecule has 2 saturated carbocycles. The van der Waals surface area contributed by atoms with Crippen LogP contribution in [-0.4, -0.2) is 0 Å². The molecule has 0 N–H and O–H groups in total. The van der Waals surface area contributed by atoms with Crippen molar-refractivity contribution in [2.75, 3.05) is 0 Å². The lowest BCUT2D eigenvalue weighted by Gasteiger charge is -2.61. The average molecular weight is 307 g/mol. The van der Waals surface area contributed by atoms with Crippen LogP contribution >= 0.6 is 0 Å². The molecule has 0 amide bonds. The summed E-state index contributed by atoms with van der Waals surface area (Å²) >= 11 is 0. The van der Waals surface area contributed by atoms with Crippen LogP contribution in [0.5, 0.6) is 0 Å². The van der Waals surface area contributed by atoms with Gasteiger partial charge < -0.3 is 0 Å². The molecule has 0 aromatic rings. The number of rotatable bonds is 5. The summed E-state index contributed by atoms with van der Waals surface area (Å²) in [6, 6.07) is 0. The van der Waals surface area contributed by atoms with Crippen molar-refractivity contribution in [2.45, 2.75) is 106 Å². The third-order valence-electron chi connectivity index (χ3n) is 8.47. The van der Waals surface area contributed by atoms with Crippen molar-refractivity contribution >= 4 is 0 Å². The smallest absolute Gasteiger partial charge is 0.0216 e. The Balaban J connectivity index is 2.39. The van der Waals surface area contributed by atoms with Gasteiger partial charge in [0, 0.05) is 0 Å². The van der Waals surface area contributed by atoms with E-state index in [1.54, 1.807) is 0 Å². The predicted molar refractivity (Wildman–Crippen MR) is 99.0 cm³/mol. The van der Waals surface area contributed by atoms with Crippen LogP contribution in [0.15, 0.2) is 0 Å². The van der Waals surface area contributed by atoms with Gasteiger partial charge in [0.25, 0.3) is 0 Å². The molecule has 0 heteroatoms. The van der Waals surface area contributed by atoms with Crippen molar-refractivity contribution in [1.29, 1.82) is 0 Å². The number of hydrogen-bond acceptors (Lipinski definition) is 0. The highest BCUT2D eigenvalue weighted by Crippen LogP contribution is 2.62. The normalized spacial score (nSPS) is 27.8. The summed E-state index contributed by atoms with van der Waals surface area (Å²) in [4.78, 5) is 0. The van der Waals surface area contributed by atoms with Crippen LogP contribution in [0.1, 0.15) is 106 Å². The molecule has 0 radical (unpaired) electrons. The van der Waals surface area contributed by atoms with Crippen LogP contribution in [0.3, 0.4) is 0 Å². The SMILES string of the molecule is CC(C)C(C)(C1CCCCC1)C(C)(C(C)C)C1CCCCC1. The maximum absolute atomic E-state index is 2.70. The lowest BCUT2D eigenvalue weighted by molar-refractivity contribution is -0.125. The van der Waals surface area contributed by atoms with E-state index >= 15 is 0 Å². The van der Waals surface area contributed by atoms with Crippen molar-refractivity contribution in [3.05, 3.63) is 0 Å². The third-order valence-corrected chi connectivity index (χ3v) is 8.47. The van der Waals surface area contributed by atoms with Crippen molar-refractivity contribution in [3.8, 4) is 0 Å². The maximum Gasteiger partial charge on any atom is -0.0216 e. The van der Waals surface area contributed by atoms with E-state index in [2.05, 4.69) is 41.5 Å². The summed E-state index contributed by atoms with van der Waals surface area (Å²) in [5.41, 5.74) is 1.01. The molecule has 0 saturated heterocycles. The number of hydrogen-bond donors (Lipinski definition) is 0. The van der Waals surface area contributed by atoms with E-state index in [0.29, 0.717) is 10.8 Å². The molecule has 0 aromatic heterocycles. The van der Waals surface area contributed by atoms with E-state index in [-0.39, 0.29) is 0 Å². The fourth-order valence-electron chi connectivity index (χ4n) is 6.47. The molecule has 0 bridgehead atoms. The van der Waals surface area contributed by atoms with Gasteiger partial charge in [-0.25, -0.2) is 0 Å². The highest BCUT2D eigenvalue weighted by Gasteiger charge is 2.55. The minimum Gasteiger partial charge on any atom is -0.0622 e. The molecule has 0 nitrogen and oxygen atoms in total. The molecular weight excluding hydrogens is 264 g/mol. The largest absolute Gasteiger partial charge is 0.0622 e. The van der Waals surface area contributed by atoms with Crippen LogP contribution in [-0.2, 0) is 0 Å². The summed E-state index contributed by atoms with van der Waals surface area (Å²) in [5.74, 6) is 3.50.